The third kappa shape index (κ3) is 0.536. The zero-order valence-corrected chi connectivity index (χ0v) is 5.93. The molecule has 0 saturated heterocycles. The van der Waals surface area contributed by atoms with Gasteiger partial charge in [-0.05, 0) is 36.5 Å². The number of rotatable bonds is 2. The third-order valence-electron chi connectivity index (χ3n) is 3.40. The first-order valence-electron chi connectivity index (χ1n) is 3.88. The molecule has 52 valence electrons. The molecule has 1 N–H and O–H groups in total. The van der Waals surface area contributed by atoms with Crippen molar-refractivity contribution in [2.45, 2.75) is 26.2 Å². The second-order valence-electron chi connectivity index (χ2n) is 3.92. The molecule has 3 aliphatic carbocycles. The first kappa shape index (κ1) is 5.72. The van der Waals surface area contributed by atoms with E-state index in [0.29, 0.717) is 17.9 Å². The summed E-state index contributed by atoms with van der Waals surface area (Å²) in [6.07, 6.45) is 4.23. The molecule has 3 rings (SSSR count). The van der Waals surface area contributed by atoms with Crippen LogP contribution in [0.3, 0.4) is 0 Å². The van der Waals surface area contributed by atoms with Crippen LogP contribution in [-0.4, -0.2) is 11.7 Å². The van der Waals surface area contributed by atoms with Crippen LogP contribution in [0.25, 0.3) is 0 Å². The number of hydrogen-bond donors (Lipinski definition) is 1. The first-order chi connectivity index (χ1) is 4.27. The van der Waals surface area contributed by atoms with Gasteiger partial charge in [-0.2, -0.15) is 0 Å². The molecular weight excluding hydrogens is 112 g/mol. The van der Waals surface area contributed by atoms with Crippen LogP contribution in [0.1, 0.15) is 26.2 Å². The molecule has 0 heterocycles. The van der Waals surface area contributed by atoms with E-state index in [0.717, 1.165) is 5.92 Å². The minimum Gasteiger partial charge on any atom is -0.396 e. The van der Waals surface area contributed by atoms with E-state index >= 15 is 0 Å². The summed E-state index contributed by atoms with van der Waals surface area (Å²) in [7, 11) is 0. The van der Waals surface area contributed by atoms with Gasteiger partial charge < -0.3 is 5.11 Å². The number of aliphatic hydroxyl groups is 1. The van der Waals surface area contributed by atoms with Crippen LogP contribution in [0.15, 0.2) is 0 Å². The Hall–Kier alpha value is -0.0400. The molecule has 0 radical (unpaired) electrons. The monoisotopic (exact) mass is 126 g/mol. The average molecular weight is 126 g/mol. The fourth-order valence-electron chi connectivity index (χ4n) is 2.34. The lowest BCUT2D eigenvalue weighted by Gasteiger charge is -2.64. The largest absolute Gasteiger partial charge is 0.396 e. The minimum atomic E-state index is 0.396. The van der Waals surface area contributed by atoms with Gasteiger partial charge in [0.1, 0.15) is 0 Å². The molecule has 1 atom stereocenters. The fourth-order valence-corrected chi connectivity index (χ4v) is 2.34. The Balaban J connectivity index is 1.96. The highest BCUT2D eigenvalue weighted by atomic mass is 16.3. The van der Waals surface area contributed by atoms with Crippen molar-refractivity contribution in [3.8, 4) is 0 Å². The standard InChI is InChI=1S/C8H14O/c1-6(5-9)8-2-7(3-8)4-8/h6-7,9H,2-5H2,1H3/t6-,7?,8?/m1/s1. The van der Waals surface area contributed by atoms with Crippen molar-refractivity contribution in [3.05, 3.63) is 0 Å². The predicted octanol–water partition coefficient (Wildman–Crippen LogP) is 1.41. The molecule has 0 amide bonds. The zero-order chi connectivity index (χ0) is 6.48. The van der Waals surface area contributed by atoms with Crippen molar-refractivity contribution in [1.82, 2.24) is 0 Å². The molecule has 3 aliphatic rings. The van der Waals surface area contributed by atoms with E-state index in [1.54, 1.807) is 0 Å². The number of aliphatic hydroxyl groups excluding tert-OH is 1. The molecule has 3 saturated carbocycles. The van der Waals surface area contributed by atoms with Crippen molar-refractivity contribution in [1.29, 1.82) is 0 Å². The van der Waals surface area contributed by atoms with E-state index in [-0.39, 0.29) is 0 Å². The van der Waals surface area contributed by atoms with Gasteiger partial charge in [0.05, 0.1) is 0 Å². The molecule has 1 nitrogen and oxygen atoms in total. The Bertz CT molecular complexity index is 114. The molecule has 3 fully saturated rings. The van der Waals surface area contributed by atoms with Crippen LogP contribution in [-0.2, 0) is 0 Å². The van der Waals surface area contributed by atoms with Gasteiger partial charge in [0.2, 0.25) is 0 Å². The van der Waals surface area contributed by atoms with Gasteiger partial charge in [0.15, 0.2) is 0 Å². The summed E-state index contributed by atoms with van der Waals surface area (Å²) in [6, 6.07) is 0. The van der Waals surface area contributed by atoms with Crippen LogP contribution in [0.5, 0.6) is 0 Å². The topological polar surface area (TPSA) is 20.2 Å². The summed E-state index contributed by atoms with van der Waals surface area (Å²) in [6.45, 7) is 2.57. The summed E-state index contributed by atoms with van der Waals surface area (Å²) in [5, 5.41) is 8.86. The van der Waals surface area contributed by atoms with Crippen molar-refractivity contribution < 1.29 is 5.11 Å². The lowest BCUT2D eigenvalue weighted by Crippen LogP contribution is -2.56. The maximum Gasteiger partial charge on any atom is 0.0461 e. The van der Waals surface area contributed by atoms with Crippen LogP contribution in [0.2, 0.25) is 0 Å². The van der Waals surface area contributed by atoms with E-state index in [4.69, 9.17) is 5.11 Å². The van der Waals surface area contributed by atoms with E-state index in [1.807, 2.05) is 0 Å². The van der Waals surface area contributed by atoms with E-state index < -0.39 is 0 Å². The SMILES string of the molecule is C[C@H](CO)C12CC(C1)C2. The van der Waals surface area contributed by atoms with Gasteiger partial charge >= 0.3 is 0 Å². The highest BCUT2D eigenvalue weighted by molar-refractivity contribution is 5.08. The molecule has 0 aromatic carbocycles. The second-order valence-corrected chi connectivity index (χ2v) is 3.92. The van der Waals surface area contributed by atoms with Crippen molar-refractivity contribution in [2.24, 2.45) is 17.3 Å². The zero-order valence-electron chi connectivity index (χ0n) is 5.93. The van der Waals surface area contributed by atoms with E-state index in [9.17, 15) is 0 Å². The molecule has 0 aromatic rings. The molecule has 9 heavy (non-hydrogen) atoms. The smallest absolute Gasteiger partial charge is 0.0461 e. The summed E-state index contributed by atoms with van der Waals surface area (Å²) in [4.78, 5) is 0. The van der Waals surface area contributed by atoms with Gasteiger partial charge in [-0.25, -0.2) is 0 Å². The maximum atomic E-state index is 8.86. The molecule has 0 spiro atoms. The summed E-state index contributed by atoms with van der Waals surface area (Å²) in [5.74, 6) is 1.63. The Morgan fingerprint density at radius 2 is 2.11 bits per heavy atom. The maximum absolute atomic E-state index is 8.86. The molecule has 0 unspecified atom stereocenters. The summed E-state index contributed by atoms with van der Waals surface area (Å²) >= 11 is 0. The van der Waals surface area contributed by atoms with Gasteiger partial charge in [-0.1, -0.05) is 6.92 Å². The van der Waals surface area contributed by atoms with Crippen LogP contribution >= 0.6 is 0 Å². The third-order valence-corrected chi connectivity index (χ3v) is 3.40. The first-order valence-corrected chi connectivity index (χ1v) is 3.88. The minimum absolute atomic E-state index is 0.396. The van der Waals surface area contributed by atoms with Crippen LogP contribution in [0.4, 0.5) is 0 Å². The average Bonchev–Trinajstić information content (AvgIpc) is 1.57. The van der Waals surface area contributed by atoms with Crippen molar-refractivity contribution in [3.63, 3.8) is 0 Å². The molecule has 0 aliphatic heterocycles. The van der Waals surface area contributed by atoms with Crippen LogP contribution in [0, 0.1) is 17.3 Å². The van der Waals surface area contributed by atoms with E-state index in [1.165, 1.54) is 19.3 Å². The Morgan fingerprint density at radius 1 is 1.56 bits per heavy atom. The van der Waals surface area contributed by atoms with Gasteiger partial charge in [-0.3, -0.25) is 0 Å². The normalized spacial score (nSPS) is 49.3. The Morgan fingerprint density at radius 3 is 2.22 bits per heavy atom. The lowest BCUT2D eigenvalue weighted by atomic mass is 9.40. The molecular formula is C8H14O. The molecule has 0 aromatic heterocycles. The van der Waals surface area contributed by atoms with Gasteiger partial charge in [0.25, 0.3) is 0 Å². The summed E-state index contributed by atoms with van der Waals surface area (Å²) in [5.41, 5.74) is 0.624. The van der Waals surface area contributed by atoms with Crippen molar-refractivity contribution in [2.75, 3.05) is 6.61 Å². The van der Waals surface area contributed by atoms with E-state index in [2.05, 4.69) is 6.92 Å². The van der Waals surface area contributed by atoms with Gasteiger partial charge in [-0.15, -0.1) is 0 Å². The highest BCUT2D eigenvalue weighted by Crippen LogP contribution is 2.67. The summed E-state index contributed by atoms with van der Waals surface area (Å²) < 4.78 is 0. The Kier molecular flexibility index (Phi) is 0.963. The quantitative estimate of drug-likeness (QED) is 0.593. The highest BCUT2D eigenvalue weighted by Gasteiger charge is 2.58. The number of hydrogen-bond acceptors (Lipinski definition) is 1. The Labute approximate surface area is 56.1 Å². The second kappa shape index (κ2) is 1.51. The molecule has 2 bridgehead atoms. The van der Waals surface area contributed by atoms with Crippen molar-refractivity contribution >= 4 is 0 Å². The molecule has 1 heteroatoms. The predicted molar refractivity (Wildman–Crippen MR) is 36.0 cm³/mol. The fraction of sp³-hybridized carbons (Fsp3) is 1.00. The lowest BCUT2D eigenvalue weighted by molar-refractivity contribution is -0.156. The van der Waals surface area contributed by atoms with Crippen LogP contribution < -0.4 is 0 Å². The van der Waals surface area contributed by atoms with Gasteiger partial charge in [0, 0.05) is 6.61 Å².